The second-order valence-corrected chi connectivity index (χ2v) is 27.1. The van der Waals surface area contributed by atoms with Crippen molar-refractivity contribution >= 4 is 24.1 Å². The number of amides is 1. The molecule has 7 fully saturated rings. The number of unbranched alkanes of at least 4 members (excludes halogenated alkanes) is 7. The highest BCUT2D eigenvalue weighted by molar-refractivity contribution is 5.80. The fourth-order valence-electron chi connectivity index (χ4n) is 16.7. The number of aliphatic hydroxyl groups is 9. The number of fused-ring (bicyclic) bond motifs is 7. The number of nitrogens with one attached hydrogen (secondary N) is 1. The van der Waals surface area contributed by atoms with Crippen LogP contribution in [0.3, 0.4) is 0 Å². The Morgan fingerprint density at radius 2 is 1.34 bits per heavy atom. The third-order valence-electron chi connectivity index (χ3n) is 21.8. The van der Waals surface area contributed by atoms with Gasteiger partial charge in [0.2, 0.25) is 12.2 Å². The van der Waals surface area contributed by atoms with Crippen LogP contribution in [0.25, 0.3) is 0 Å². The fraction of sp³-hybridized carbons (Fsp3) is 0.898. The molecule has 0 radical (unpaired) electrons. The zero-order valence-corrected chi connectivity index (χ0v) is 48.0. The second kappa shape index (κ2) is 24.7. The van der Waals surface area contributed by atoms with Gasteiger partial charge in [-0.2, -0.15) is 0 Å². The molecule has 21 heteroatoms. The van der Waals surface area contributed by atoms with Crippen LogP contribution in [0.5, 0.6) is 0 Å². The van der Waals surface area contributed by atoms with Crippen molar-refractivity contribution < 1.29 is 98.7 Å². The molecule has 24 atom stereocenters. The molecule has 11 N–H and O–H groups in total. The van der Waals surface area contributed by atoms with E-state index in [2.05, 4.69) is 46.0 Å². The minimum atomic E-state index is -1.95. The Hall–Kier alpha value is -2.74. The van der Waals surface area contributed by atoms with Gasteiger partial charge in [-0.15, -0.1) is 0 Å². The van der Waals surface area contributed by atoms with Gasteiger partial charge in [0.25, 0.3) is 0 Å². The van der Waals surface area contributed by atoms with Gasteiger partial charge in [0.1, 0.15) is 60.5 Å². The maximum Gasteiger partial charge on any atom is 0.317 e. The molecule has 1 amide bonds. The zero-order chi connectivity index (χ0) is 58.5. The minimum absolute atomic E-state index is 0.0471. The summed E-state index contributed by atoms with van der Waals surface area (Å²) in [6, 6.07) is -1.36. The summed E-state index contributed by atoms with van der Waals surface area (Å²) in [4.78, 5) is 52.9. The van der Waals surface area contributed by atoms with Crippen LogP contribution in [-0.2, 0) is 47.6 Å². The molecule has 80 heavy (non-hydrogen) atoms. The highest BCUT2D eigenvalue weighted by Crippen LogP contribution is 2.76. The Morgan fingerprint density at radius 1 is 0.700 bits per heavy atom. The van der Waals surface area contributed by atoms with Gasteiger partial charge >= 0.3 is 11.9 Å². The summed E-state index contributed by atoms with van der Waals surface area (Å²) in [6.07, 6.45) is -8.54. The lowest BCUT2D eigenvalue weighted by molar-refractivity contribution is -0.370. The average molecular weight is 1140 g/mol. The standard InChI is InChI=1S/C59H95NO20/c1-31-48(78-50-46(72)43(69)34(63)29-75-50)45(71)47(73)51(76-31)79-49-44(70)42(60-40(66)16-14-12-10-8-9-11-13-15-17-41(67)68)35(28-61)77-52(49)80-53(74)59-25-24-54(2,3)26-33(59)32-18-19-37-55(4)22-21-38(64)56(5,30-62)36(55)20-23-57(37,6)58(32,7)27-39(59)65/h18,30-31,33-39,42-52,61,63-65,69-73H,8-17,19-29H2,1-7H3,(H,60,66)(H,67,68)/t31?,33?,34-,35?,36-,37?,38+,39?,42+,43?,44?,45?,46?,47?,48+,49?,50+,51+,52+,55?,56-,57?,58-,59-/m1/s1. The van der Waals surface area contributed by atoms with Gasteiger partial charge in [0.05, 0.1) is 43.0 Å². The number of allylic oxidation sites excluding steroid dienone is 2. The number of carboxylic acids is 1. The molecule has 456 valence electrons. The quantitative estimate of drug-likeness (QED) is 0.0361. The van der Waals surface area contributed by atoms with Gasteiger partial charge in [-0.3, -0.25) is 14.4 Å². The van der Waals surface area contributed by atoms with E-state index >= 15 is 4.79 Å². The molecule has 0 aromatic heterocycles. The lowest BCUT2D eigenvalue weighted by atomic mass is 9.33. The van der Waals surface area contributed by atoms with E-state index in [0.717, 1.165) is 63.2 Å². The minimum Gasteiger partial charge on any atom is -0.481 e. The highest BCUT2D eigenvalue weighted by Gasteiger charge is 2.72. The lowest BCUT2D eigenvalue weighted by Gasteiger charge is -2.71. The van der Waals surface area contributed by atoms with Crippen molar-refractivity contribution in [2.45, 2.75) is 269 Å². The molecular formula is C59H95NO20. The molecule has 3 aliphatic heterocycles. The molecule has 4 saturated carbocycles. The third kappa shape index (κ3) is 11.6. The number of hydrogen-bond donors (Lipinski definition) is 11. The van der Waals surface area contributed by atoms with Crippen molar-refractivity contribution in [2.75, 3.05) is 13.2 Å². The molecule has 13 unspecified atom stereocenters. The maximum atomic E-state index is 15.7. The normalized spacial score (nSPS) is 47.0. The van der Waals surface area contributed by atoms with E-state index in [0.29, 0.717) is 44.9 Å². The first kappa shape index (κ1) is 63.3. The predicted octanol–water partition coefficient (Wildman–Crippen LogP) is 3.07. The van der Waals surface area contributed by atoms with E-state index in [9.17, 15) is 60.3 Å². The molecule has 0 aromatic carbocycles. The summed E-state index contributed by atoms with van der Waals surface area (Å²) in [5.41, 5.74) is -2.89. The molecular weight excluding hydrogens is 1040 g/mol. The van der Waals surface area contributed by atoms with Crippen LogP contribution in [0.2, 0.25) is 0 Å². The second-order valence-electron chi connectivity index (χ2n) is 27.1. The molecule has 3 heterocycles. The number of carboxylic acid groups (broad SMARTS) is 1. The largest absolute Gasteiger partial charge is 0.481 e. The zero-order valence-electron chi connectivity index (χ0n) is 48.0. The number of aliphatic carboxylic acids is 1. The van der Waals surface area contributed by atoms with Gasteiger partial charge in [-0.1, -0.05) is 91.7 Å². The highest BCUT2D eigenvalue weighted by atomic mass is 16.8. The summed E-state index contributed by atoms with van der Waals surface area (Å²) in [5.74, 6) is -2.57. The first-order chi connectivity index (χ1) is 37.6. The molecule has 8 aliphatic rings. The molecule has 0 bridgehead atoms. The monoisotopic (exact) mass is 1140 g/mol. The van der Waals surface area contributed by atoms with Gasteiger partial charge in [-0.05, 0) is 117 Å². The molecule has 8 rings (SSSR count). The van der Waals surface area contributed by atoms with Gasteiger partial charge in [0, 0.05) is 12.8 Å². The molecule has 5 aliphatic carbocycles. The maximum absolute atomic E-state index is 15.7. The topological polar surface area (TPSA) is 338 Å². The first-order valence-electron chi connectivity index (χ1n) is 29.8. The van der Waals surface area contributed by atoms with E-state index in [4.69, 9.17) is 33.5 Å². The summed E-state index contributed by atoms with van der Waals surface area (Å²) in [6.45, 7) is 13.3. The number of aliphatic hydroxyl groups excluding tert-OH is 9. The van der Waals surface area contributed by atoms with Crippen molar-refractivity contribution in [2.24, 2.45) is 50.2 Å². The van der Waals surface area contributed by atoms with Crippen molar-refractivity contribution in [1.29, 1.82) is 0 Å². The van der Waals surface area contributed by atoms with Crippen LogP contribution in [0, 0.1) is 50.2 Å². The number of hydrogen-bond acceptors (Lipinski definition) is 19. The van der Waals surface area contributed by atoms with E-state index < -0.39 is 151 Å². The number of aldehydes is 1. The fourth-order valence-corrected chi connectivity index (χ4v) is 16.7. The van der Waals surface area contributed by atoms with Crippen LogP contribution in [0.1, 0.15) is 170 Å². The summed E-state index contributed by atoms with van der Waals surface area (Å²) < 4.78 is 36.4. The summed E-state index contributed by atoms with van der Waals surface area (Å²) in [5, 5.41) is 113. The van der Waals surface area contributed by atoms with E-state index in [1.165, 1.54) is 6.92 Å². The molecule has 0 spiro atoms. The van der Waals surface area contributed by atoms with Crippen molar-refractivity contribution in [3.8, 4) is 0 Å². The van der Waals surface area contributed by atoms with Crippen molar-refractivity contribution in [1.82, 2.24) is 5.32 Å². The molecule has 3 saturated heterocycles. The number of carbonyl (C=O) groups is 4. The SMILES string of the molecule is CC1O[C@@H](OC2C(O)[C@@H](NC(=O)CCCCCCCCCCC(=O)O)C(CO)O[C@H]2OC(=O)[C@]23CCC(C)(C)CC2C2=CCC4C5(C)CC[C@H](O)[C@](C)(C=O)[C@@H]5CCC4(C)[C@]2(C)CC3O)C(O)C(O)[C@H]1O[C@@H]1OC[C@@H](O)C(O)C1O. The summed E-state index contributed by atoms with van der Waals surface area (Å²) >= 11 is 0. The molecule has 0 aromatic rings. The van der Waals surface area contributed by atoms with Crippen LogP contribution in [0.4, 0.5) is 0 Å². The Bertz CT molecular complexity index is 2220. The third-order valence-corrected chi connectivity index (χ3v) is 21.8. The average Bonchev–Trinajstić information content (AvgIpc) is 3.42. The number of ether oxygens (including phenoxy) is 6. The predicted molar refractivity (Wildman–Crippen MR) is 284 cm³/mol. The number of rotatable bonds is 20. The van der Waals surface area contributed by atoms with Gasteiger partial charge < -0.3 is 89.6 Å². The number of carbonyl (C=O) groups excluding carboxylic acids is 3. The van der Waals surface area contributed by atoms with Crippen LogP contribution in [0.15, 0.2) is 11.6 Å². The van der Waals surface area contributed by atoms with Crippen LogP contribution < -0.4 is 5.32 Å². The van der Waals surface area contributed by atoms with Crippen molar-refractivity contribution in [3.05, 3.63) is 11.6 Å². The van der Waals surface area contributed by atoms with E-state index in [1.54, 1.807) is 0 Å². The van der Waals surface area contributed by atoms with Gasteiger partial charge in [0.15, 0.2) is 18.7 Å². The number of esters is 1. The first-order valence-corrected chi connectivity index (χ1v) is 29.8. The van der Waals surface area contributed by atoms with Gasteiger partial charge in [-0.25, -0.2) is 0 Å². The Kier molecular flexibility index (Phi) is 19.5. The van der Waals surface area contributed by atoms with E-state index in [1.807, 2.05) is 6.92 Å². The lowest BCUT2D eigenvalue weighted by Crippen LogP contribution is -2.69. The Balaban J connectivity index is 1.04. The smallest absolute Gasteiger partial charge is 0.317 e. The Labute approximate surface area is 470 Å². The van der Waals surface area contributed by atoms with Crippen LogP contribution >= 0.6 is 0 Å². The van der Waals surface area contributed by atoms with Crippen molar-refractivity contribution in [3.63, 3.8) is 0 Å². The summed E-state index contributed by atoms with van der Waals surface area (Å²) in [7, 11) is 0. The van der Waals surface area contributed by atoms with Crippen LogP contribution in [-0.4, -0.2) is 187 Å². The van der Waals surface area contributed by atoms with E-state index in [-0.39, 0.29) is 53.8 Å². The molecule has 21 nitrogen and oxygen atoms in total. The Morgan fingerprint density at radius 3 is 1.99 bits per heavy atom.